The van der Waals surface area contributed by atoms with E-state index in [-0.39, 0.29) is 18.7 Å². The van der Waals surface area contributed by atoms with Crippen molar-refractivity contribution >= 4 is 17.8 Å². The third kappa shape index (κ3) is 4.94. The molecule has 0 unspecified atom stereocenters. The fourth-order valence-corrected chi connectivity index (χ4v) is 1.32. The van der Waals surface area contributed by atoms with Gasteiger partial charge in [-0.05, 0) is 20.8 Å². The molecule has 0 aliphatic carbocycles. The molecule has 0 aliphatic heterocycles. The van der Waals surface area contributed by atoms with Gasteiger partial charge in [-0.1, -0.05) is 0 Å². The van der Waals surface area contributed by atoms with E-state index >= 15 is 0 Å². The summed E-state index contributed by atoms with van der Waals surface area (Å²) in [5.41, 5.74) is 5.15. The van der Waals surface area contributed by atoms with E-state index in [1.54, 1.807) is 7.05 Å². The second kappa shape index (κ2) is 6.72. The molecule has 0 saturated heterocycles. The predicted octanol–water partition coefficient (Wildman–Crippen LogP) is 0.0121. The van der Waals surface area contributed by atoms with Gasteiger partial charge in [-0.2, -0.15) is 15.0 Å². The molecule has 1 rings (SSSR count). The normalized spacial score (nSPS) is 10.4. The number of primary amides is 1. The van der Waals surface area contributed by atoms with Gasteiger partial charge in [0.25, 0.3) is 0 Å². The van der Waals surface area contributed by atoms with Crippen molar-refractivity contribution < 1.29 is 9.53 Å². The molecule has 0 saturated carbocycles. The van der Waals surface area contributed by atoms with Crippen LogP contribution in [0.5, 0.6) is 6.01 Å². The van der Waals surface area contributed by atoms with Crippen LogP contribution >= 0.6 is 0 Å². The summed E-state index contributed by atoms with van der Waals surface area (Å²) in [7, 11) is 1.68. The predicted molar refractivity (Wildman–Crippen MR) is 72.2 cm³/mol. The number of hydrogen-bond acceptors (Lipinski definition) is 7. The number of carbonyl (C=O) groups is 1. The Kier molecular flexibility index (Phi) is 5.28. The number of rotatable bonds is 7. The van der Waals surface area contributed by atoms with E-state index in [0.29, 0.717) is 18.4 Å². The van der Waals surface area contributed by atoms with Crippen LogP contribution in [0.1, 0.15) is 20.8 Å². The Hall–Kier alpha value is -2.12. The summed E-state index contributed by atoms with van der Waals surface area (Å²) in [6, 6.07) is 0.215. The van der Waals surface area contributed by atoms with Gasteiger partial charge in [0, 0.05) is 13.6 Å². The number of ether oxygens (including phenoxy) is 1. The number of hydrogen-bond donors (Lipinski definition) is 2. The average Bonchev–Trinajstić information content (AvgIpc) is 2.27. The zero-order valence-corrected chi connectivity index (χ0v) is 11.7. The highest BCUT2D eigenvalue weighted by molar-refractivity contribution is 5.78. The minimum absolute atomic E-state index is 0.0245. The molecule has 0 fully saturated rings. The molecule has 0 bridgehead atoms. The summed E-state index contributed by atoms with van der Waals surface area (Å²) in [6.45, 7) is 6.38. The summed E-state index contributed by atoms with van der Waals surface area (Å²) in [5.74, 6) is 0.277. The molecule has 8 nitrogen and oxygen atoms in total. The maximum Gasteiger partial charge on any atom is 0.323 e. The lowest BCUT2D eigenvalue weighted by Gasteiger charge is -2.17. The molecule has 0 aromatic carbocycles. The number of likely N-dealkylation sites (N-methyl/N-ethyl adjacent to an activating group) is 1. The first-order chi connectivity index (χ1) is 8.92. The van der Waals surface area contributed by atoms with Crippen molar-refractivity contribution in [3.63, 3.8) is 0 Å². The fourth-order valence-electron chi connectivity index (χ4n) is 1.32. The number of nitrogens with zero attached hydrogens (tertiary/aromatic N) is 4. The standard InChI is InChI=1S/C11H20N6O2/c1-5-13-9-14-10(17(4)6-8(12)18)16-11(15-9)19-7(2)3/h7H,5-6H2,1-4H3,(H2,12,18)(H,13,14,15,16). The lowest BCUT2D eigenvalue weighted by atomic mass is 10.5. The van der Waals surface area contributed by atoms with Gasteiger partial charge in [-0.25, -0.2) is 0 Å². The summed E-state index contributed by atoms with van der Waals surface area (Å²) in [4.78, 5) is 24.9. The smallest absolute Gasteiger partial charge is 0.323 e. The molecular weight excluding hydrogens is 248 g/mol. The van der Waals surface area contributed by atoms with Gasteiger partial charge in [0.05, 0.1) is 12.6 Å². The maximum absolute atomic E-state index is 10.9. The molecule has 1 aromatic rings. The number of nitrogens with two attached hydrogens (primary N) is 1. The van der Waals surface area contributed by atoms with E-state index < -0.39 is 5.91 Å². The molecular formula is C11H20N6O2. The molecule has 8 heteroatoms. The molecule has 0 spiro atoms. The van der Waals surface area contributed by atoms with Crippen molar-refractivity contribution in [3.05, 3.63) is 0 Å². The van der Waals surface area contributed by atoms with Gasteiger partial charge in [0.2, 0.25) is 17.8 Å². The Morgan fingerprint density at radius 3 is 2.63 bits per heavy atom. The Morgan fingerprint density at radius 1 is 1.42 bits per heavy atom. The number of aromatic nitrogens is 3. The molecule has 1 aromatic heterocycles. The monoisotopic (exact) mass is 268 g/mol. The highest BCUT2D eigenvalue weighted by Crippen LogP contribution is 2.14. The zero-order valence-electron chi connectivity index (χ0n) is 11.7. The van der Waals surface area contributed by atoms with E-state index in [1.807, 2.05) is 20.8 Å². The Balaban J connectivity index is 3.00. The van der Waals surface area contributed by atoms with Crippen LogP contribution in [0.4, 0.5) is 11.9 Å². The van der Waals surface area contributed by atoms with Crippen molar-refractivity contribution in [2.75, 3.05) is 30.4 Å². The van der Waals surface area contributed by atoms with Crippen LogP contribution in [0, 0.1) is 0 Å². The van der Waals surface area contributed by atoms with Crippen LogP contribution < -0.4 is 20.7 Å². The summed E-state index contributed by atoms with van der Waals surface area (Å²) >= 11 is 0. The lowest BCUT2D eigenvalue weighted by Crippen LogP contribution is -2.32. The number of nitrogens with one attached hydrogen (secondary N) is 1. The van der Waals surface area contributed by atoms with Crippen molar-refractivity contribution in [3.8, 4) is 6.01 Å². The molecule has 0 radical (unpaired) electrons. The van der Waals surface area contributed by atoms with E-state index in [4.69, 9.17) is 10.5 Å². The Labute approximate surface area is 112 Å². The summed E-state index contributed by atoms with van der Waals surface area (Å²) in [6.07, 6.45) is -0.0498. The summed E-state index contributed by atoms with van der Waals surface area (Å²) in [5, 5.41) is 2.98. The first kappa shape index (κ1) is 14.9. The van der Waals surface area contributed by atoms with Crippen molar-refractivity contribution in [1.82, 2.24) is 15.0 Å². The Bertz CT molecular complexity index is 437. The first-order valence-corrected chi connectivity index (χ1v) is 6.08. The van der Waals surface area contributed by atoms with Gasteiger partial charge in [0.15, 0.2) is 0 Å². The highest BCUT2D eigenvalue weighted by atomic mass is 16.5. The summed E-state index contributed by atoms with van der Waals surface area (Å²) < 4.78 is 5.45. The average molecular weight is 268 g/mol. The van der Waals surface area contributed by atoms with E-state index in [9.17, 15) is 4.79 Å². The van der Waals surface area contributed by atoms with Crippen LogP contribution in [0.15, 0.2) is 0 Å². The second-order valence-electron chi connectivity index (χ2n) is 4.26. The fraction of sp³-hybridized carbons (Fsp3) is 0.636. The van der Waals surface area contributed by atoms with E-state index in [1.165, 1.54) is 4.90 Å². The second-order valence-corrected chi connectivity index (χ2v) is 4.26. The molecule has 1 amide bonds. The number of anilines is 2. The zero-order chi connectivity index (χ0) is 14.4. The van der Waals surface area contributed by atoms with Crippen LogP contribution in [0.2, 0.25) is 0 Å². The highest BCUT2D eigenvalue weighted by Gasteiger charge is 2.13. The third-order valence-corrected chi connectivity index (χ3v) is 2.01. The molecule has 3 N–H and O–H groups in total. The van der Waals surface area contributed by atoms with Crippen LogP contribution in [0.25, 0.3) is 0 Å². The molecule has 0 atom stereocenters. The van der Waals surface area contributed by atoms with Crippen LogP contribution in [0.3, 0.4) is 0 Å². The van der Waals surface area contributed by atoms with Gasteiger partial charge in [-0.15, -0.1) is 0 Å². The maximum atomic E-state index is 10.9. The minimum Gasteiger partial charge on any atom is -0.461 e. The van der Waals surface area contributed by atoms with Crippen molar-refractivity contribution in [1.29, 1.82) is 0 Å². The number of carbonyl (C=O) groups excluding carboxylic acids is 1. The topological polar surface area (TPSA) is 106 Å². The van der Waals surface area contributed by atoms with Crippen molar-refractivity contribution in [2.45, 2.75) is 26.9 Å². The SMILES string of the molecule is CCNc1nc(OC(C)C)nc(N(C)CC(N)=O)n1. The van der Waals surface area contributed by atoms with E-state index in [0.717, 1.165) is 0 Å². The van der Waals surface area contributed by atoms with Gasteiger partial charge >= 0.3 is 6.01 Å². The van der Waals surface area contributed by atoms with Gasteiger partial charge < -0.3 is 20.7 Å². The first-order valence-electron chi connectivity index (χ1n) is 6.08. The van der Waals surface area contributed by atoms with E-state index in [2.05, 4.69) is 20.3 Å². The lowest BCUT2D eigenvalue weighted by molar-refractivity contribution is -0.116. The number of amides is 1. The molecule has 106 valence electrons. The van der Waals surface area contributed by atoms with Gasteiger partial charge in [0.1, 0.15) is 0 Å². The minimum atomic E-state index is -0.459. The third-order valence-electron chi connectivity index (χ3n) is 2.01. The quantitative estimate of drug-likeness (QED) is 0.717. The van der Waals surface area contributed by atoms with Crippen molar-refractivity contribution in [2.24, 2.45) is 5.73 Å². The van der Waals surface area contributed by atoms with Gasteiger partial charge in [-0.3, -0.25) is 4.79 Å². The van der Waals surface area contributed by atoms with Crippen LogP contribution in [-0.4, -0.2) is 47.1 Å². The Morgan fingerprint density at radius 2 is 2.11 bits per heavy atom. The largest absolute Gasteiger partial charge is 0.461 e. The molecule has 1 heterocycles. The van der Waals surface area contributed by atoms with Crippen LogP contribution in [-0.2, 0) is 4.79 Å². The molecule has 19 heavy (non-hydrogen) atoms. The molecule has 0 aliphatic rings.